The number of nitrogens with zero attached hydrogens (tertiary/aromatic N) is 2. The first-order chi connectivity index (χ1) is 6.27. The molecule has 2 heterocycles. The number of nitrogens with two attached hydrogens (primary N) is 1. The van der Waals surface area contributed by atoms with Crippen molar-refractivity contribution in [3.05, 3.63) is 36.3 Å². The van der Waals surface area contributed by atoms with Gasteiger partial charge in [-0.05, 0) is 12.1 Å². The third-order valence-electron chi connectivity index (χ3n) is 1.75. The summed E-state index contributed by atoms with van der Waals surface area (Å²) in [6.07, 6.45) is 3.27. The van der Waals surface area contributed by atoms with Crippen molar-refractivity contribution in [2.45, 2.75) is 0 Å². The van der Waals surface area contributed by atoms with E-state index in [4.69, 9.17) is 5.73 Å². The molecule has 0 aromatic carbocycles. The maximum Gasteiger partial charge on any atom is 0.267 e. The van der Waals surface area contributed by atoms with Gasteiger partial charge in [0, 0.05) is 11.6 Å². The minimum atomic E-state index is -0.522. The molecule has 0 saturated heterocycles. The van der Waals surface area contributed by atoms with Crippen LogP contribution in [0, 0.1) is 0 Å². The molecule has 2 aromatic heterocycles. The number of carbonyl (C=O) groups excluding carboxylic acids is 1. The Hall–Kier alpha value is -1.68. The van der Waals surface area contributed by atoms with Crippen LogP contribution >= 0.6 is 12.4 Å². The summed E-state index contributed by atoms with van der Waals surface area (Å²) in [5, 5.41) is 0.944. The summed E-state index contributed by atoms with van der Waals surface area (Å²) in [5.41, 5.74) is 6.03. The predicted molar refractivity (Wildman–Crippen MR) is 55.3 cm³/mol. The Morgan fingerprint density at radius 3 is 2.79 bits per heavy atom. The van der Waals surface area contributed by atoms with Crippen molar-refractivity contribution in [2.24, 2.45) is 5.73 Å². The molecule has 72 valence electrons. The smallest absolute Gasteiger partial charge is 0.267 e. The van der Waals surface area contributed by atoms with E-state index in [1.165, 1.54) is 0 Å². The van der Waals surface area contributed by atoms with Crippen LogP contribution in [0.5, 0.6) is 0 Å². The van der Waals surface area contributed by atoms with Crippen molar-refractivity contribution in [1.29, 1.82) is 0 Å². The number of carbonyl (C=O) groups is 1. The lowest BCUT2D eigenvalue weighted by molar-refractivity contribution is 0.0996. The Morgan fingerprint density at radius 2 is 2.07 bits per heavy atom. The van der Waals surface area contributed by atoms with E-state index >= 15 is 0 Å². The van der Waals surface area contributed by atoms with Crippen molar-refractivity contribution < 1.29 is 4.79 Å². The molecule has 0 aliphatic rings. The van der Waals surface area contributed by atoms with Gasteiger partial charge in [-0.2, -0.15) is 0 Å². The van der Waals surface area contributed by atoms with Crippen LogP contribution in [0.3, 0.4) is 0 Å². The predicted octanol–water partition coefficient (Wildman–Crippen LogP) is 1.15. The van der Waals surface area contributed by atoms with Gasteiger partial charge in [-0.15, -0.1) is 12.4 Å². The van der Waals surface area contributed by atoms with Gasteiger partial charge in [0.15, 0.2) is 0 Å². The second kappa shape index (κ2) is 4.02. The van der Waals surface area contributed by atoms with Gasteiger partial charge in [0.25, 0.3) is 5.91 Å². The van der Waals surface area contributed by atoms with Crippen molar-refractivity contribution in [2.75, 3.05) is 0 Å². The highest BCUT2D eigenvalue weighted by atomic mass is 35.5. The molecule has 0 aliphatic heterocycles. The average Bonchev–Trinajstić information content (AvgIpc) is 2.17. The zero-order valence-corrected chi connectivity index (χ0v) is 7.99. The SMILES string of the molecule is Cl.NC(=O)c1ccc2ccncc2n1. The molecule has 2 aromatic rings. The van der Waals surface area contributed by atoms with E-state index < -0.39 is 5.91 Å². The largest absolute Gasteiger partial charge is 0.364 e. The van der Waals surface area contributed by atoms with Crippen LogP contribution in [0.25, 0.3) is 10.9 Å². The van der Waals surface area contributed by atoms with Crippen molar-refractivity contribution in [1.82, 2.24) is 9.97 Å². The Bertz CT molecular complexity index is 472. The molecule has 5 heteroatoms. The van der Waals surface area contributed by atoms with E-state index in [9.17, 15) is 4.79 Å². The molecular formula is C9H8ClN3O. The van der Waals surface area contributed by atoms with E-state index in [1.54, 1.807) is 24.5 Å². The van der Waals surface area contributed by atoms with Crippen LogP contribution < -0.4 is 5.73 Å². The summed E-state index contributed by atoms with van der Waals surface area (Å²) < 4.78 is 0. The molecule has 0 unspecified atom stereocenters. The Kier molecular flexibility index (Phi) is 2.99. The topological polar surface area (TPSA) is 68.9 Å². The number of hydrogen-bond donors (Lipinski definition) is 1. The summed E-state index contributed by atoms with van der Waals surface area (Å²) >= 11 is 0. The number of rotatable bonds is 1. The first-order valence-electron chi connectivity index (χ1n) is 3.78. The zero-order valence-electron chi connectivity index (χ0n) is 7.18. The average molecular weight is 210 g/mol. The van der Waals surface area contributed by atoms with Gasteiger partial charge >= 0.3 is 0 Å². The molecule has 0 fully saturated rings. The minimum absolute atomic E-state index is 0. The Morgan fingerprint density at radius 1 is 1.29 bits per heavy atom. The van der Waals surface area contributed by atoms with Gasteiger partial charge in [0.1, 0.15) is 5.69 Å². The molecule has 1 amide bonds. The van der Waals surface area contributed by atoms with Crippen LogP contribution in [-0.2, 0) is 0 Å². The fourth-order valence-electron chi connectivity index (χ4n) is 1.10. The maximum atomic E-state index is 10.8. The summed E-state index contributed by atoms with van der Waals surface area (Å²) in [5.74, 6) is -0.522. The normalized spacial score (nSPS) is 9.43. The first kappa shape index (κ1) is 10.4. The van der Waals surface area contributed by atoms with Gasteiger partial charge in [0.05, 0.1) is 11.7 Å². The monoisotopic (exact) mass is 209 g/mol. The Balaban J connectivity index is 0.000000980. The summed E-state index contributed by atoms with van der Waals surface area (Å²) in [4.78, 5) is 18.7. The lowest BCUT2D eigenvalue weighted by Gasteiger charge is -1.97. The van der Waals surface area contributed by atoms with E-state index in [0.29, 0.717) is 5.52 Å². The number of hydrogen-bond acceptors (Lipinski definition) is 3. The van der Waals surface area contributed by atoms with E-state index in [1.807, 2.05) is 6.07 Å². The third kappa shape index (κ3) is 1.80. The standard InChI is InChI=1S/C9H7N3O.ClH/c10-9(13)7-2-1-6-3-4-11-5-8(6)12-7;/h1-5H,(H2,10,13);1H. The molecule has 0 aliphatic carbocycles. The number of aromatic nitrogens is 2. The van der Waals surface area contributed by atoms with Crippen molar-refractivity contribution in [3.8, 4) is 0 Å². The van der Waals surface area contributed by atoms with Crippen LogP contribution in [0.1, 0.15) is 10.5 Å². The molecule has 4 nitrogen and oxygen atoms in total. The van der Waals surface area contributed by atoms with Crippen molar-refractivity contribution in [3.63, 3.8) is 0 Å². The molecule has 0 saturated carbocycles. The van der Waals surface area contributed by atoms with Gasteiger partial charge in [-0.25, -0.2) is 4.98 Å². The number of fused-ring (bicyclic) bond motifs is 1. The maximum absolute atomic E-state index is 10.8. The molecule has 0 radical (unpaired) electrons. The third-order valence-corrected chi connectivity index (χ3v) is 1.75. The number of halogens is 1. The molecule has 0 bridgehead atoms. The lowest BCUT2D eigenvalue weighted by Crippen LogP contribution is -2.12. The zero-order chi connectivity index (χ0) is 9.26. The van der Waals surface area contributed by atoms with E-state index in [2.05, 4.69) is 9.97 Å². The van der Waals surface area contributed by atoms with E-state index in [0.717, 1.165) is 5.39 Å². The molecule has 2 N–H and O–H groups in total. The molecule has 0 atom stereocenters. The highest BCUT2D eigenvalue weighted by molar-refractivity contribution is 5.93. The van der Waals surface area contributed by atoms with Gasteiger partial charge in [0.2, 0.25) is 0 Å². The van der Waals surface area contributed by atoms with Crippen LogP contribution in [0.15, 0.2) is 30.6 Å². The number of pyridine rings is 2. The minimum Gasteiger partial charge on any atom is -0.364 e. The quantitative estimate of drug-likeness (QED) is 0.766. The van der Waals surface area contributed by atoms with Gasteiger partial charge in [-0.3, -0.25) is 9.78 Å². The van der Waals surface area contributed by atoms with Gasteiger partial charge < -0.3 is 5.73 Å². The summed E-state index contributed by atoms with van der Waals surface area (Å²) in [6.45, 7) is 0. The second-order valence-corrected chi connectivity index (χ2v) is 2.63. The van der Waals surface area contributed by atoms with E-state index in [-0.39, 0.29) is 18.1 Å². The summed E-state index contributed by atoms with van der Waals surface area (Å²) in [6, 6.07) is 5.22. The number of primary amides is 1. The molecule has 2 rings (SSSR count). The highest BCUT2D eigenvalue weighted by Crippen LogP contribution is 2.09. The fraction of sp³-hybridized carbons (Fsp3) is 0. The molecular weight excluding hydrogens is 202 g/mol. The number of amides is 1. The molecule has 0 spiro atoms. The first-order valence-corrected chi connectivity index (χ1v) is 3.78. The second-order valence-electron chi connectivity index (χ2n) is 2.63. The van der Waals surface area contributed by atoms with Gasteiger partial charge in [-0.1, -0.05) is 6.07 Å². The fourth-order valence-corrected chi connectivity index (χ4v) is 1.10. The van der Waals surface area contributed by atoms with Crippen LogP contribution in [0.4, 0.5) is 0 Å². The lowest BCUT2D eigenvalue weighted by atomic mass is 10.2. The van der Waals surface area contributed by atoms with Crippen molar-refractivity contribution >= 4 is 29.2 Å². The summed E-state index contributed by atoms with van der Waals surface area (Å²) in [7, 11) is 0. The van der Waals surface area contributed by atoms with Crippen LogP contribution in [0.2, 0.25) is 0 Å². The van der Waals surface area contributed by atoms with Crippen LogP contribution in [-0.4, -0.2) is 15.9 Å². The highest BCUT2D eigenvalue weighted by Gasteiger charge is 2.02. The molecule has 14 heavy (non-hydrogen) atoms. The Labute approximate surface area is 86.6 Å².